The van der Waals surface area contributed by atoms with E-state index in [4.69, 9.17) is 0 Å². The van der Waals surface area contributed by atoms with Crippen LogP contribution in [0.5, 0.6) is 0 Å². The van der Waals surface area contributed by atoms with E-state index >= 15 is 0 Å². The van der Waals surface area contributed by atoms with Crippen LogP contribution >= 0.6 is 27.3 Å². The summed E-state index contributed by atoms with van der Waals surface area (Å²) in [5.41, 5.74) is 0.636. The molecule has 2 aromatic rings. The molecule has 1 amide bonds. The van der Waals surface area contributed by atoms with Gasteiger partial charge in [-0.15, -0.1) is 11.3 Å². The molecule has 0 spiro atoms. The number of aromatic nitrogens is 1. The molecule has 0 bridgehead atoms. The van der Waals surface area contributed by atoms with E-state index in [1.807, 2.05) is 18.3 Å². The van der Waals surface area contributed by atoms with Crippen molar-refractivity contribution in [2.24, 2.45) is 0 Å². The molecule has 2 heterocycles. The fourth-order valence-electron chi connectivity index (χ4n) is 2.41. The summed E-state index contributed by atoms with van der Waals surface area (Å²) in [6.45, 7) is 2.12. The van der Waals surface area contributed by atoms with Crippen LogP contribution in [-0.2, 0) is 0 Å². The summed E-state index contributed by atoms with van der Waals surface area (Å²) in [7, 11) is 0. The predicted octanol–water partition coefficient (Wildman–Crippen LogP) is 3.62. The van der Waals surface area contributed by atoms with Crippen molar-refractivity contribution in [3.05, 3.63) is 45.4 Å². The molecule has 1 aliphatic rings. The second-order valence-corrected chi connectivity index (χ2v) is 7.03. The maximum Gasteiger partial charge on any atom is 0.257 e. The van der Waals surface area contributed by atoms with Crippen LogP contribution in [0.2, 0.25) is 0 Å². The molecular weight excluding hydrogens is 350 g/mol. The van der Waals surface area contributed by atoms with Gasteiger partial charge in [0.15, 0.2) is 5.13 Å². The van der Waals surface area contributed by atoms with Crippen molar-refractivity contribution < 1.29 is 4.79 Å². The largest absolute Gasteiger partial charge is 0.317 e. The van der Waals surface area contributed by atoms with E-state index in [0.717, 1.165) is 30.4 Å². The second-order valence-electron chi connectivity index (χ2n) is 5.05. The lowest BCUT2D eigenvalue weighted by atomic mass is 9.97. The highest BCUT2D eigenvalue weighted by atomic mass is 79.9. The zero-order valence-corrected chi connectivity index (χ0v) is 13.8. The molecule has 0 saturated carbocycles. The average Bonchev–Trinajstić information content (AvgIpc) is 2.97. The maximum atomic E-state index is 12.1. The van der Waals surface area contributed by atoms with Crippen LogP contribution in [0.4, 0.5) is 5.13 Å². The highest BCUT2D eigenvalue weighted by Crippen LogP contribution is 2.31. The molecule has 1 aliphatic heterocycles. The third-order valence-electron chi connectivity index (χ3n) is 3.59. The number of rotatable bonds is 3. The number of amides is 1. The number of carbonyl (C=O) groups excluding carboxylic acids is 1. The Morgan fingerprint density at radius 3 is 2.71 bits per heavy atom. The Morgan fingerprint density at radius 1 is 1.29 bits per heavy atom. The molecule has 1 aromatic carbocycles. The molecule has 3 rings (SSSR count). The first-order valence-corrected chi connectivity index (χ1v) is 8.56. The third kappa shape index (κ3) is 3.70. The molecule has 1 aromatic heterocycles. The summed E-state index contributed by atoms with van der Waals surface area (Å²) in [6.07, 6.45) is 4.18. The molecular formula is C15H16BrN3OS. The fourth-order valence-corrected chi connectivity index (χ4v) is 3.65. The first kappa shape index (κ1) is 14.7. The molecule has 0 unspecified atom stereocenters. The van der Waals surface area contributed by atoms with E-state index in [-0.39, 0.29) is 5.91 Å². The SMILES string of the molecule is O=C(Nc1ncc(C2CCNCC2)s1)c1ccc(Br)cc1. The van der Waals surface area contributed by atoms with Crippen LogP contribution in [0, 0.1) is 0 Å². The van der Waals surface area contributed by atoms with Crippen LogP contribution < -0.4 is 10.6 Å². The number of anilines is 1. The van der Waals surface area contributed by atoms with E-state index in [1.54, 1.807) is 23.5 Å². The Labute approximate surface area is 136 Å². The van der Waals surface area contributed by atoms with Crippen LogP contribution in [0.25, 0.3) is 0 Å². The molecule has 1 saturated heterocycles. The molecule has 0 radical (unpaired) electrons. The predicted molar refractivity (Wildman–Crippen MR) is 89.1 cm³/mol. The number of hydrogen-bond donors (Lipinski definition) is 2. The van der Waals surface area contributed by atoms with Crippen molar-refractivity contribution in [2.75, 3.05) is 18.4 Å². The van der Waals surface area contributed by atoms with E-state index in [2.05, 4.69) is 31.5 Å². The first-order valence-electron chi connectivity index (χ1n) is 6.96. The zero-order valence-electron chi connectivity index (χ0n) is 11.4. The van der Waals surface area contributed by atoms with Gasteiger partial charge in [0.2, 0.25) is 0 Å². The summed E-state index contributed by atoms with van der Waals surface area (Å²) in [4.78, 5) is 17.7. The van der Waals surface area contributed by atoms with Crippen LogP contribution in [0.15, 0.2) is 34.9 Å². The summed E-state index contributed by atoms with van der Waals surface area (Å²) < 4.78 is 0.960. The minimum Gasteiger partial charge on any atom is -0.317 e. The van der Waals surface area contributed by atoms with Crippen molar-refractivity contribution >= 4 is 38.3 Å². The van der Waals surface area contributed by atoms with E-state index in [0.29, 0.717) is 16.6 Å². The molecule has 0 aliphatic carbocycles. The Morgan fingerprint density at radius 2 is 2.00 bits per heavy atom. The second kappa shape index (κ2) is 6.68. The Kier molecular flexibility index (Phi) is 4.67. The number of hydrogen-bond acceptors (Lipinski definition) is 4. The third-order valence-corrected chi connectivity index (χ3v) is 5.20. The van der Waals surface area contributed by atoms with Crippen molar-refractivity contribution in [1.82, 2.24) is 10.3 Å². The Hall–Kier alpha value is -1.24. The van der Waals surface area contributed by atoms with Gasteiger partial charge in [0, 0.05) is 21.1 Å². The standard InChI is InChI=1S/C15H16BrN3OS/c16-12-3-1-11(2-4-12)14(20)19-15-18-9-13(21-15)10-5-7-17-8-6-10/h1-4,9-10,17H,5-8H2,(H,18,19,20). The first-order chi connectivity index (χ1) is 10.2. The number of benzene rings is 1. The summed E-state index contributed by atoms with van der Waals surface area (Å²) in [5, 5.41) is 6.91. The summed E-state index contributed by atoms with van der Waals surface area (Å²) >= 11 is 4.95. The van der Waals surface area contributed by atoms with Crippen LogP contribution in [0.1, 0.15) is 34.0 Å². The van der Waals surface area contributed by atoms with Crippen molar-refractivity contribution in [3.63, 3.8) is 0 Å². The van der Waals surface area contributed by atoms with Gasteiger partial charge in [0.25, 0.3) is 5.91 Å². The maximum absolute atomic E-state index is 12.1. The van der Waals surface area contributed by atoms with E-state index in [1.165, 1.54) is 4.88 Å². The van der Waals surface area contributed by atoms with Gasteiger partial charge in [-0.05, 0) is 56.1 Å². The monoisotopic (exact) mass is 365 g/mol. The highest BCUT2D eigenvalue weighted by Gasteiger charge is 2.18. The molecule has 6 heteroatoms. The lowest BCUT2D eigenvalue weighted by Crippen LogP contribution is -2.26. The van der Waals surface area contributed by atoms with Crippen molar-refractivity contribution in [2.45, 2.75) is 18.8 Å². The quantitative estimate of drug-likeness (QED) is 0.872. The summed E-state index contributed by atoms with van der Waals surface area (Å²) in [5.74, 6) is 0.454. The molecule has 0 atom stereocenters. The Balaban J connectivity index is 1.66. The van der Waals surface area contributed by atoms with Crippen LogP contribution in [-0.4, -0.2) is 24.0 Å². The van der Waals surface area contributed by atoms with Crippen molar-refractivity contribution in [3.8, 4) is 0 Å². The number of carbonyl (C=O) groups is 1. The zero-order chi connectivity index (χ0) is 14.7. The van der Waals surface area contributed by atoms with Gasteiger partial charge in [-0.25, -0.2) is 4.98 Å². The van der Waals surface area contributed by atoms with Gasteiger partial charge in [-0.3, -0.25) is 10.1 Å². The van der Waals surface area contributed by atoms with Gasteiger partial charge in [-0.2, -0.15) is 0 Å². The highest BCUT2D eigenvalue weighted by molar-refractivity contribution is 9.10. The molecule has 4 nitrogen and oxygen atoms in total. The number of nitrogens with one attached hydrogen (secondary N) is 2. The minimum absolute atomic E-state index is 0.117. The number of halogens is 1. The number of nitrogens with zero attached hydrogens (tertiary/aromatic N) is 1. The molecule has 21 heavy (non-hydrogen) atoms. The van der Waals surface area contributed by atoms with Crippen LogP contribution in [0.3, 0.4) is 0 Å². The molecule has 110 valence electrons. The smallest absolute Gasteiger partial charge is 0.257 e. The van der Waals surface area contributed by atoms with Gasteiger partial charge >= 0.3 is 0 Å². The van der Waals surface area contributed by atoms with Gasteiger partial charge in [0.1, 0.15) is 0 Å². The lowest BCUT2D eigenvalue weighted by molar-refractivity contribution is 0.102. The topological polar surface area (TPSA) is 54.0 Å². The molecule has 2 N–H and O–H groups in total. The Bertz CT molecular complexity index is 620. The van der Waals surface area contributed by atoms with E-state index < -0.39 is 0 Å². The number of piperidine rings is 1. The number of thiazole rings is 1. The normalized spacial score (nSPS) is 15.9. The molecule has 1 fully saturated rings. The van der Waals surface area contributed by atoms with Gasteiger partial charge in [0.05, 0.1) is 0 Å². The van der Waals surface area contributed by atoms with E-state index in [9.17, 15) is 4.79 Å². The average molecular weight is 366 g/mol. The summed E-state index contributed by atoms with van der Waals surface area (Å²) in [6, 6.07) is 7.30. The van der Waals surface area contributed by atoms with Gasteiger partial charge in [-0.1, -0.05) is 15.9 Å². The lowest BCUT2D eigenvalue weighted by Gasteiger charge is -2.20. The van der Waals surface area contributed by atoms with Crippen molar-refractivity contribution in [1.29, 1.82) is 0 Å². The minimum atomic E-state index is -0.117. The fraction of sp³-hybridized carbons (Fsp3) is 0.333. The van der Waals surface area contributed by atoms with Gasteiger partial charge < -0.3 is 5.32 Å².